The lowest BCUT2D eigenvalue weighted by Crippen LogP contribution is -2.50. The normalized spacial score (nSPS) is 15.1. The van der Waals surface area contributed by atoms with Crippen molar-refractivity contribution < 1.29 is 19.1 Å². The first-order chi connectivity index (χ1) is 12.0. The molecule has 138 valence electrons. The molecule has 7 nitrogen and oxygen atoms in total. The van der Waals surface area contributed by atoms with Crippen molar-refractivity contribution in [2.75, 3.05) is 46.4 Å². The van der Waals surface area contributed by atoms with Crippen molar-refractivity contribution in [3.63, 3.8) is 0 Å². The van der Waals surface area contributed by atoms with Crippen LogP contribution in [0.3, 0.4) is 0 Å². The second-order valence-electron chi connectivity index (χ2n) is 6.25. The van der Waals surface area contributed by atoms with Gasteiger partial charge in [0.15, 0.2) is 0 Å². The van der Waals surface area contributed by atoms with Gasteiger partial charge in [0.1, 0.15) is 5.75 Å². The SMILES string of the molecule is COC(=O)N1CCN(CCNC(=O)c2ccc(OC(C)C)cc2)CC1. The number of nitrogens with zero attached hydrogens (tertiary/aromatic N) is 2. The van der Waals surface area contributed by atoms with Crippen LogP contribution in [-0.4, -0.2) is 74.3 Å². The number of rotatable bonds is 6. The lowest BCUT2D eigenvalue weighted by molar-refractivity contribution is 0.0885. The molecule has 0 bridgehead atoms. The van der Waals surface area contributed by atoms with Gasteiger partial charge in [-0.15, -0.1) is 0 Å². The number of amides is 2. The molecule has 1 saturated heterocycles. The van der Waals surface area contributed by atoms with Crippen LogP contribution in [0.25, 0.3) is 0 Å². The number of ether oxygens (including phenoxy) is 2. The molecule has 7 heteroatoms. The molecule has 1 aromatic rings. The fourth-order valence-electron chi connectivity index (χ4n) is 2.67. The van der Waals surface area contributed by atoms with Gasteiger partial charge in [-0.1, -0.05) is 0 Å². The van der Waals surface area contributed by atoms with Crippen molar-refractivity contribution in [3.8, 4) is 5.75 Å². The predicted octanol–water partition coefficient (Wildman–Crippen LogP) is 1.59. The number of carbonyl (C=O) groups is 2. The molecule has 2 amide bonds. The third-order valence-corrected chi connectivity index (χ3v) is 4.01. The van der Waals surface area contributed by atoms with Crippen LogP contribution in [0.1, 0.15) is 24.2 Å². The molecule has 0 atom stereocenters. The summed E-state index contributed by atoms with van der Waals surface area (Å²) in [5.41, 5.74) is 0.617. The number of carbonyl (C=O) groups excluding carboxylic acids is 2. The Morgan fingerprint density at radius 2 is 1.76 bits per heavy atom. The van der Waals surface area contributed by atoms with Crippen LogP contribution in [0, 0.1) is 0 Å². The van der Waals surface area contributed by atoms with Gasteiger partial charge in [-0.2, -0.15) is 0 Å². The molecule has 1 N–H and O–H groups in total. The van der Waals surface area contributed by atoms with E-state index in [2.05, 4.69) is 10.2 Å². The van der Waals surface area contributed by atoms with E-state index in [9.17, 15) is 9.59 Å². The summed E-state index contributed by atoms with van der Waals surface area (Å²) in [6, 6.07) is 7.15. The highest BCUT2D eigenvalue weighted by molar-refractivity contribution is 5.94. The molecular weight excluding hydrogens is 322 g/mol. The summed E-state index contributed by atoms with van der Waals surface area (Å²) in [7, 11) is 1.39. The first kappa shape index (κ1) is 19.1. The molecule has 0 aromatic heterocycles. The summed E-state index contributed by atoms with van der Waals surface area (Å²) in [4.78, 5) is 27.5. The second-order valence-corrected chi connectivity index (χ2v) is 6.25. The zero-order valence-electron chi connectivity index (χ0n) is 15.2. The zero-order chi connectivity index (χ0) is 18.2. The minimum Gasteiger partial charge on any atom is -0.491 e. The summed E-state index contributed by atoms with van der Waals surface area (Å²) < 4.78 is 10.3. The van der Waals surface area contributed by atoms with E-state index in [0.29, 0.717) is 25.2 Å². The number of hydrogen-bond acceptors (Lipinski definition) is 5. The van der Waals surface area contributed by atoms with Gasteiger partial charge in [0.05, 0.1) is 13.2 Å². The van der Waals surface area contributed by atoms with E-state index in [-0.39, 0.29) is 18.1 Å². The number of benzene rings is 1. The summed E-state index contributed by atoms with van der Waals surface area (Å²) in [5.74, 6) is 0.666. The van der Waals surface area contributed by atoms with E-state index in [1.165, 1.54) is 7.11 Å². The van der Waals surface area contributed by atoms with Crippen molar-refractivity contribution in [3.05, 3.63) is 29.8 Å². The van der Waals surface area contributed by atoms with E-state index in [4.69, 9.17) is 9.47 Å². The molecular formula is C18H27N3O4. The van der Waals surface area contributed by atoms with Crippen LogP contribution >= 0.6 is 0 Å². The Hall–Kier alpha value is -2.28. The maximum absolute atomic E-state index is 12.2. The minimum atomic E-state index is -0.280. The molecule has 25 heavy (non-hydrogen) atoms. The topological polar surface area (TPSA) is 71.1 Å². The standard InChI is InChI=1S/C18H27N3O4/c1-14(2)25-16-6-4-15(5-7-16)17(22)19-8-9-20-10-12-21(13-11-20)18(23)24-3/h4-7,14H,8-13H2,1-3H3,(H,19,22). The highest BCUT2D eigenvalue weighted by Gasteiger charge is 2.21. The fourth-order valence-corrected chi connectivity index (χ4v) is 2.67. The molecule has 0 saturated carbocycles. The van der Waals surface area contributed by atoms with Crippen LogP contribution in [0.15, 0.2) is 24.3 Å². The smallest absolute Gasteiger partial charge is 0.409 e. The summed E-state index contributed by atoms with van der Waals surface area (Å²) in [5, 5.41) is 2.92. The molecule has 1 heterocycles. The molecule has 1 aliphatic rings. The van der Waals surface area contributed by atoms with Crippen LogP contribution < -0.4 is 10.1 Å². The fraction of sp³-hybridized carbons (Fsp3) is 0.556. The Bertz CT molecular complexity index is 566. The third kappa shape index (κ3) is 5.94. The maximum Gasteiger partial charge on any atom is 0.409 e. The Kier molecular flexibility index (Phi) is 7.06. The average molecular weight is 349 g/mol. The van der Waals surface area contributed by atoms with Crippen LogP contribution in [0.2, 0.25) is 0 Å². The van der Waals surface area contributed by atoms with Crippen molar-refractivity contribution in [2.24, 2.45) is 0 Å². The Labute approximate surface area is 148 Å². The molecule has 0 aliphatic carbocycles. The van der Waals surface area contributed by atoms with E-state index < -0.39 is 0 Å². The predicted molar refractivity (Wildman–Crippen MR) is 95.0 cm³/mol. The average Bonchev–Trinajstić information content (AvgIpc) is 2.61. The van der Waals surface area contributed by atoms with Gasteiger partial charge in [0.25, 0.3) is 5.91 Å². The van der Waals surface area contributed by atoms with Gasteiger partial charge >= 0.3 is 6.09 Å². The molecule has 1 aliphatic heterocycles. The highest BCUT2D eigenvalue weighted by atomic mass is 16.5. The molecule has 1 aromatic carbocycles. The largest absolute Gasteiger partial charge is 0.491 e. The molecule has 0 unspecified atom stereocenters. The van der Waals surface area contributed by atoms with Gasteiger partial charge < -0.3 is 19.7 Å². The van der Waals surface area contributed by atoms with Gasteiger partial charge in [0.2, 0.25) is 0 Å². The van der Waals surface area contributed by atoms with Gasteiger partial charge in [0, 0.05) is 44.8 Å². The summed E-state index contributed by atoms with van der Waals surface area (Å²) in [6.07, 6.45) is -0.169. The number of hydrogen-bond donors (Lipinski definition) is 1. The zero-order valence-corrected chi connectivity index (χ0v) is 15.2. The quantitative estimate of drug-likeness (QED) is 0.844. The first-order valence-corrected chi connectivity index (χ1v) is 8.59. The van der Waals surface area contributed by atoms with Crippen LogP contribution in [-0.2, 0) is 4.74 Å². The Balaban J connectivity index is 1.69. The molecule has 0 spiro atoms. The molecule has 0 radical (unpaired) electrons. The minimum absolute atomic E-state index is 0.0932. The number of nitrogens with one attached hydrogen (secondary N) is 1. The van der Waals surface area contributed by atoms with Gasteiger partial charge in [-0.3, -0.25) is 9.69 Å². The lowest BCUT2D eigenvalue weighted by atomic mass is 10.2. The number of piperazine rings is 1. The van der Waals surface area contributed by atoms with Crippen LogP contribution in [0.5, 0.6) is 5.75 Å². The Morgan fingerprint density at radius 1 is 1.12 bits per heavy atom. The molecule has 1 fully saturated rings. The van der Waals surface area contributed by atoms with Crippen molar-refractivity contribution >= 4 is 12.0 Å². The third-order valence-electron chi connectivity index (χ3n) is 4.01. The first-order valence-electron chi connectivity index (χ1n) is 8.59. The van der Waals surface area contributed by atoms with Gasteiger partial charge in [-0.25, -0.2) is 4.79 Å². The second kappa shape index (κ2) is 9.27. The van der Waals surface area contributed by atoms with Crippen LogP contribution in [0.4, 0.5) is 4.79 Å². The van der Waals surface area contributed by atoms with E-state index in [1.54, 1.807) is 29.2 Å². The molecule has 2 rings (SSSR count). The van der Waals surface area contributed by atoms with Crippen molar-refractivity contribution in [2.45, 2.75) is 20.0 Å². The summed E-state index contributed by atoms with van der Waals surface area (Å²) in [6.45, 7) is 8.13. The lowest BCUT2D eigenvalue weighted by Gasteiger charge is -2.33. The van der Waals surface area contributed by atoms with E-state index >= 15 is 0 Å². The van der Waals surface area contributed by atoms with Crippen molar-refractivity contribution in [1.82, 2.24) is 15.1 Å². The van der Waals surface area contributed by atoms with Gasteiger partial charge in [-0.05, 0) is 38.1 Å². The number of methoxy groups -OCH3 is 1. The van der Waals surface area contributed by atoms with Crippen molar-refractivity contribution in [1.29, 1.82) is 0 Å². The van der Waals surface area contributed by atoms with E-state index in [0.717, 1.165) is 25.4 Å². The van der Waals surface area contributed by atoms with E-state index in [1.807, 2.05) is 13.8 Å². The monoisotopic (exact) mass is 349 g/mol. The Morgan fingerprint density at radius 3 is 2.32 bits per heavy atom. The summed E-state index contributed by atoms with van der Waals surface area (Å²) >= 11 is 0. The maximum atomic E-state index is 12.2. The highest BCUT2D eigenvalue weighted by Crippen LogP contribution is 2.13.